The number of amides is 1. The van der Waals surface area contributed by atoms with Gasteiger partial charge in [-0.3, -0.25) is 15.6 Å². The van der Waals surface area contributed by atoms with Crippen LogP contribution in [-0.2, 0) is 10.5 Å². The first-order chi connectivity index (χ1) is 11.1. The average Bonchev–Trinajstić information content (AvgIpc) is 2.56. The van der Waals surface area contributed by atoms with Crippen LogP contribution < -0.4 is 16.2 Å². The number of anilines is 1. The van der Waals surface area contributed by atoms with Gasteiger partial charge in [-0.05, 0) is 29.9 Å². The van der Waals surface area contributed by atoms with E-state index in [1.165, 1.54) is 17.3 Å². The van der Waals surface area contributed by atoms with Crippen LogP contribution >= 0.6 is 35.6 Å². The molecule has 23 heavy (non-hydrogen) atoms. The second-order valence-corrected chi connectivity index (χ2v) is 6.39. The highest BCUT2D eigenvalue weighted by Gasteiger charge is 2.04. The first-order valence-electron chi connectivity index (χ1n) is 6.87. The third-order valence-corrected chi connectivity index (χ3v) is 4.32. The number of hydrazine groups is 1. The highest BCUT2D eigenvalue weighted by atomic mass is 35.5. The van der Waals surface area contributed by atoms with Gasteiger partial charge in [0.2, 0.25) is 5.91 Å². The SMILES string of the molecule is O=C(CSCc1ccccc1)NNC(=S)Nc1ccccc1Cl. The third kappa shape index (κ3) is 6.48. The molecule has 1 amide bonds. The van der Waals surface area contributed by atoms with E-state index in [1.807, 2.05) is 42.5 Å². The number of carbonyl (C=O) groups is 1. The molecule has 0 heterocycles. The Balaban J connectivity index is 1.66. The van der Waals surface area contributed by atoms with Gasteiger partial charge in [0.1, 0.15) is 0 Å². The summed E-state index contributed by atoms with van der Waals surface area (Å²) < 4.78 is 0. The van der Waals surface area contributed by atoms with Crippen molar-refractivity contribution in [1.82, 2.24) is 10.9 Å². The molecule has 0 aliphatic rings. The molecule has 4 nitrogen and oxygen atoms in total. The largest absolute Gasteiger partial charge is 0.330 e. The fourth-order valence-corrected chi connectivity index (χ4v) is 2.85. The normalized spacial score (nSPS) is 9.96. The Kier molecular flexibility index (Phi) is 7.19. The van der Waals surface area contributed by atoms with Crippen molar-refractivity contribution in [3.8, 4) is 0 Å². The lowest BCUT2D eigenvalue weighted by Gasteiger charge is -2.12. The lowest BCUT2D eigenvalue weighted by atomic mass is 10.2. The van der Waals surface area contributed by atoms with Crippen molar-refractivity contribution in [2.75, 3.05) is 11.1 Å². The second kappa shape index (κ2) is 9.39. The zero-order chi connectivity index (χ0) is 16.5. The molecule has 120 valence electrons. The molecule has 2 aromatic rings. The summed E-state index contributed by atoms with van der Waals surface area (Å²) in [6, 6.07) is 17.2. The first kappa shape index (κ1) is 17.6. The minimum atomic E-state index is -0.144. The van der Waals surface area contributed by atoms with Crippen LogP contribution in [0.5, 0.6) is 0 Å². The summed E-state index contributed by atoms with van der Waals surface area (Å²) in [5, 5.41) is 3.75. The number of halogens is 1. The fourth-order valence-electron chi connectivity index (χ4n) is 1.71. The van der Waals surface area contributed by atoms with Crippen molar-refractivity contribution in [3.63, 3.8) is 0 Å². The number of hydrogen-bond acceptors (Lipinski definition) is 3. The molecule has 0 saturated carbocycles. The molecule has 0 aliphatic carbocycles. The molecule has 2 rings (SSSR count). The Hall–Kier alpha value is -1.76. The molecule has 0 unspecified atom stereocenters. The summed E-state index contributed by atoms with van der Waals surface area (Å²) in [7, 11) is 0. The van der Waals surface area contributed by atoms with Gasteiger partial charge in [0.25, 0.3) is 0 Å². The molecule has 0 bridgehead atoms. The van der Waals surface area contributed by atoms with Crippen LogP contribution in [0.25, 0.3) is 0 Å². The Bertz CT molecular complexity index is 667. The number of carbonyl (C=O) groups excluding carboxylic acids is 1. The summed E-state index contributed by atoms with van der Waals surface area (Å²) in [5.41, 5.74) is 7.08. The monoisotopic (exact) mass is 365 g/mol. The number of thiocarbonyl (C=S) groups is 1. The highest BCUT2D eigenvalue weighted by Crippen LogP contribution is 2.20. The fraction of sp³-hybridized carbons (Fsp3) is 0.125. The van der Waals surface area contributed by atoms with E-state index in [2.05, 4.69) is 16.2 Å². The van der Waals surface area contributed by atoms with E-state index in [9.17, 15) is 4.79 Å². The third-order valence-electron chi connectivity index (χ3n) is 2.78. The van der Waals surface area contributed by atoms with Gasteiger partial charge in [0.15, 0.2) is 5.11 Å². The molecule has 0 radical (unpaired) electrons. The Morgan fingerprint density at radius 3 is 2.48 bits per heavy atom. The molecule has 0 aromatic heterocycles. The van der Waals surface area contributed by atoms with Crippen LogP contribution in [0.15, 0.2) is 54.6 Å². The van der Waals surface area contributed by atoms with E-state index < -0.39 is 0 Å². The number of para-hydroxylation sites is 1. The highest BCUT2D eigenvalue weighted by molar-refractivity contribution is 7.99. The summed E-state index contributed by atoms with van der Waals surface area (Å²) in [6.07, 6.45) is 0. The van der Waals surface area contributed by atoms with E-state index in [0.29, 0.717) is 16.5 Å². The van der Waals surface area contributed by atoms with Crippen molar-refractivity contribution >= 4 is 52.3 Å². The predicted molar refractivity (Wildman–Crippen MR) is 102 cm³/mol. The van der Waals surface area contributed by atoms with E-state index in [1.54, 1.807) is 12.1 Å². The predicted octanol–water partition coefficient (Wildman–Crippen LogP) is 3.59. The molecule has 0 fully saturated rings. The molecule has 3 N–H and O–H groups in total. The van der Waals surface area contributed by atoms with Gasteiger partial charge in [-0.25, -0.2) is 0 Å². The maximum atomic E-state index is 11.7. The van der Waals surface area contributed by atoms with Crippen LogP contribution in [0, 0.1) is 0 Å². The van der Waals surface area contributed by atoms with Gasteiger partial charge in [-0.15, -0.1) is 11.8 Å². The van der Waals surface area contributed by atoms with E-state index in [4.69, 9.17) is 23.8 Å². The van der Waals surface area contributed by atoms with Crippen molar-refractivity contribution < 1.29 is 4.79 Å². The quantitative estimate of drug-likeness (QED) is 0.558. The lowest BCUT2D eigenvalue weighted by Crippen LogP contribution is -2.44. The molecule has 0 saturated heterocycles. The van der Waals surface area contributed by atoms with Gasteiger partial charge in [-0.2, -0.15) is 0 Å². The average molecular weight is 366 g/mol. The van der Waals surface area contributed by atoms with Crippen molar-refractivity contribution in [1.29, 1.82) is 0 Å². The molecule has 0 atom stereocenters. The van der Waals surface area contributed by atoms with Crippen LogP contribution in [0.2, 0.25) is 5.02 Å². The van der Waals surface area contributed by atoms with Crippen molar-refractivity contribution in [2.24, 2.45) is 0 Å². The summed E-state index contributed by atoms with van der Waals surface area (Å²) >= 11 is 12.7. The van der Waals surface area contributed by atoms with Crippen LogP contribution in [-0.4, -0.2) is 16.8 Å². The lowest BCUT2D eigenvalue weighted by molar-refractivity contribution is -0.119. The van der Waals surface area contributed by atoms with Crippen LogP contribution in [0.3, 0.4) is 0 Å². The smallest absolute Gasteiger partial charge is 0.248 e. The second-order valence-electron chi connectivity index (χ2n) is 4.59. The molecule has 2 aromatic carbocycles. The number of hydrogen-bond donors (Lipinski definition) is 3. The van der Waals surface area contributed by atoms with Crippen LogP contribution in [0.1, 0.15) is 5.56 Å². The van der Waals surface area contributed by atoms with Gasteiger partial charge in [0, 0.05) is 5.75 Å². The maximum Gasteiger partial charge on any atom is 0.248 e. The maximum absolute atomic E-state index is 11.7. The molecular formula is C16H16ClN3OS2. The van der Waals surface area contributed by atoms with E-state index in [-0.39, 0.29) is 11.0 Å². The Morgan fingerprint density at radius 2 is 1.74 bits per heavy atom. The zero-order valence-electron chi connectivity index (χ0n) is 12.2. The number of rotatable bonds is 5. The standard InChI is InChI=1S/C16H16ClN3OS2/c17-13-8-4-5-9-14(13)18-16(22)20-19-15(21)11-23-10-12-6-2-1-3-7-12/h1-9H,10-11H2,(H,19,21)(H2,18,20,22). The van der Waals surface area contributed by atoms with Gasteiger partial charge in [0.05, 0.1) is 16.5 Å². The Labute approximate surface area is 150 Å². The van der Waals surface area contributed by atoms with E-state index in [0.717, 1.165) is 5.75 Å². The summed E-state index contributed by atoms with van der Waals surface area (Å²) in [6.45, 7) is 0. The number of nitrogens with one attached hydrogen (secondary N) is 3. The van der Waals surface area contributed by atoms with Gasteiger partial charge >= 0.3 is 0 Å². The summed E-state index contributed by atoms with van der Waals surface area (Å²) in [4.78, 5) is 11.7. The minimum Gasteiger partial charge on any atom is -0.330 e. The van der Waals surface area contributed by atoms with Gasteiger partial charge < -0.3 is 5.32 Å². The Morgan fingerprint density at radius 1 is 1.04 bits per heavy atom. The number of benzene rings is 2. The van der Waals surface area contributed by atoms with Crippen LogP contribution in [0.4, 0.5) is 5.69 Å². The van der Waals surface area contributed by atoms with Gasteiger partial charge in [-0.1, -0.05) is 54.1 Å². The summed E-state index contributed by atoms with van der Waals surface area (Å²) in [5.74, 6) is 0.988. The molecule has 0 aliphatic heterocycles. The topological polar surface area (TPSA) is 53.2 Å². The van der Waals surface area contributed by atoms with Crippen molar-refractivity contribution in [2.45, 2.75) is 5.75 Å². The molecule has 0 spiro atoms. The van der Waals surface area contributed by atoms with E-state index >= 15 is 0 Å². The molecule has 7 heteroatoms. The number of thioether (sulfide) groups is 1. The first-order valence-corrected chi connectivity index (χ1v) is 8.81. The zero-order valence-corrected chi connectivity index (χ0v) is 14.6. The molecular weight excluding hydrogens is 350 g/mol. The van der Waals surface area contributed by atoms with Crippen molar-refractivity contribution in [3.05, 3.63) is 65.2 Å². The minimum absolute atomic E-state index is 0.144.